The fourth-order valence-electron chi connectivity index (χ4n) is 2.04. The molecule has 2 aromatic heterocycles. The van der Waals surface area contributed by atoms with E-state index in [-0.39, 0.29) is 17.7 Å². The summed E-state index contributed by atoms with van der Waals surface area (Å²) in [6.45, 7) is 1.88. The van der Waals surface area contributed by atoms with Gasteiger partial charge in [-0.3, -0.25) is 4.79 Å². The number of rotatable bonds is 5. The van der Waals surface area contributed by atoms with Crippen molar-refractivity contribution in [1.29, 1.82) is 0 Å². The molecule has 1 aromatic carbocycles. The van der Waals surface area contributed by atoms with Crippen LogP contribution in [0.1, 0.15) is 18.7 Å². The number of nitrogens with zero attached hydrogens (tertiary/aromatic N) is 3. The van der Waals surface area contributed by atoms with Crippen LogP contribution in [0.2, 0.25) is 0 Å². The molecule has 1 amide bonds. The lowest BCUT2D eigenvalue weighted by Gasteiger charge is -2.10. The number of nitrogens with one attached hydrogen (secondary N) is 1. The first-order valence-electron chi connectivity index (χ1n) is 6.69. The zero-order valence-corrected chi connectivity index (χ0v) is 12.7. The number of hydrogen-bond donors (Lipinski definition) is 2. The number of thioether (sulfide) groups is 1. The van der Waals surface area contributed by atoms with Crippen molar-refractivity contribution < 1.29 is 9.21 Å². The molecule has 0 radical (unpaired) electrons. The Kier molecular flexibility index (Phi) is 4.01. The van der Waals surface area contributed by atoms with Crippen molar-refractivity contribution in [1.82, 2.24) is 20.2 Å². The quantitative estimate of drug-likeness (QED) is 0.549. The number of furan rings is 1. The Morgan fingerprint density at radius 2 is 2.32 bits per heavy atom. The van der Waals surface area contributed by atoms with Crippen molar-refractivity contribution in [2.45, 2.75) is 18.1 Å². The Bertz CT molecular complexity index is 764. The van der Waals surface area contributed by atoms with Gasteiger partial charge in [-0.2, -0.15) is 0 Å². The van der Waals surface area contributed by atoms with Crippen molar-refractivity contribution in [2.75, 3.05) is 11.6 Å². The zero-order valence-electron chi connectivity index (χ0n) is 11.9. The second kappa shape index (κ2) is 6.10. The molecule has 8 heteroatoms. The SMILES string of the molecule is C[C@@H](NC(=O)CSc1nncn1N)c1cc2ccccc2o1. The van der Waals surface area contributed by atoms with E-state index in [2.05, 4.69) is 15.5 Å². The number of benzene rings is 1. The average molecular weight is 317 g/mol. The molecule has 2 heterocycles. The van der Waals surface area contributed by atoms with Crippen LogP contribution in [0, 0.1) is 0 Å². The van der Waals surface area contributed by atoms with E-state index in [0.717, 1.165) is 16.7 Å². The minimum absolute atomic E-state index is 0.124. The lowest BCUT2D eigenvalue weighted by atomic mass is 10.2. The van der Waals surface area contributed by atoms with Crippen molar-refractivity contribution in [3.63, 3.8) is 0 Å². The van der Waals surface area contributed by atoms with Gasteiger partial charge < -0.3 is 15.6 Å². The van der Waals surface area contributed by atoms with Crippen LogP contribution in [-0.4, -0.2) is 26.5 Å². The van der Waals surface area contributed by atoms with Crippen LogP contribution in [0.5, 0.6) is 0 Å². The molecule has 0 bridgehead atoms. The van der Waals surface area contributed by atoms with Gasteiger partial charge in [0.25, 0.3) is 0 Å². The van der Waals surface area contributed by atoms with Gasteiger partial charge in [0.1, 0.15) is 17.7 Å². The summed E-state index contributed by atoms with van der Waals surface area (Å²) in [6, 6.07) is 9.46. The Morgan fingerprint density at radius 1 is 1.50 bits per heavy atom. The third-order valence-corrected chi connectivity index (χ3v) is 4.08. The van der Waals surface area contributed by atoms with Gasteiger partial charge in [0.2, 0.25) is 11.1 Å². The second-order valence-electron chi connectivity index (χ2n) is 4.79. The average Bonchev–Trinajstić information content (AvgIpc) is 3.11. The van der Waals surface area contributed by atoms with Gasteiger partial charge in [-0.15, -0.1) is 10.2 Å². The molecule has 1 atom stereocenters. The molecule has 3 rings (SSSR count). The highest BCUT2D eigenvalue weighted by molar-refractivity contribution is 7.99. The lowest BCUT2D eigenvalue weighted by Crippen LogP contribution is -2.28. The Hall–Kier alpha value is -2.48. The van der Waals surface area contributed by atoms with E-state index in [4.69, 9.17) is 10.3 Å². The highest BCUT2D eigenvalue weighted by Gasteiger charge is 2.15. The van der Waals surface area contributed by atoms with Gasteiger partial charge in [0, 0.05) is 5.39 Å². The first-order valence-corrected chi connectivity index (χ1v) is 7.68. The third-order valence-electron chi connectivity index (χ3n) is 3.12. The fourth-order valence-corrected chi connectivity index (χ4v) is 2.68. The normalized spacial score (nSPS) is 12.4. The standard InChI is InChI=1S/C14H15N5O2S/c1-9(12-6-10-4-2-3-5-11(10)21-12)17-13(20)7-22-14-18-16-8-19(14)15/h2-6,8-9H,7,15H2,1H3,(H,17,20)/t9-/m1/s1. The maximum absolute atomic E-state index is 12.0. The minimum Gasteiger partial charge on any atom is -0.459 e. The van der Waals surface area contributed by atoms with Gasteiger partial charge in [-0.05, 0) is 19.1 Å². The molecule has 0 aliphatic heterocycles. The molecular formula is C14H15N5O2S. The summed E-state index contributed by atoms with van der Waals surface area (Å²) in [7, 11) is 0. The number of aromatic nitrogens is 3. The molecule has 0 aliphatic carbocycles. The van der Waals surface area contributed by atoms with E-state index in [1.54, 1.807) is 0 Å². The molecule has 7 nitrogen and oxygen atoms in total. The Balaban J connectivity index is 1.59. The topological polar surface area (TPSA) is 99.0 Å². The second-order valence-corrected chi connectivity index (χ2v) is 5.73. The molecule has 3 N–H and O–H groups in total. The molecule has 0 aliphatic rings. The summed E-state index contributed by atoms with van der Waals surface area (Å²) in [6.07, 6.45) is 1.39. The van der Waals surface area contributed by atoms with Crippen LogP contribution < -0.4 is 11.2 Å². The van der Waals surface area contributed by atoms with Crippen LogP contribution in [-0.2, 0) is 4.79 Å². The third kappa shape index (κ3) is 3.06. The monoisotopic (exact) mass is 317 g/mol. The number of nitrogen functional groups attached to an aromatic ring is 1. The van der Waals surface area contributed by atoms with Gasteiger partial charge in [-0.1, -0.05) is 30.0 Å². The largest absolute Gasteiger partial charge is 0.459 e. The smallest absolute Gasteiger partial charge is 0.231 e. The van der Waals surface area contributed by atoms with E-state index in [0.29, 0.717) is 5.16 Å². The summed E-state index contributed by atoms with van der Waals surface area (Å²) < 4.78 is 7.01. The first-order chi connectivity index (χ1) is 10.6. The number of fused-ring (bicyclic) bond motifs is 1. The van der Waals surface area contributed by atoms with Crippen LogP contribution >= 0.6 is 11.8 Å². The van der Waals surface area contributed by atoms with E-state index in [9.17, 15) is 4.79 Å². The van der Waals surface area contributed by atoms with E-state index in [1.165, 1.54) is 22.8 Å². The maximum Gasteiger partial charge on any atom is 0.231 e. The summed E-state index contributed by atoms with van der Waals surface area (Å²) in [4.78, 5) is 12.0. The van der Waals surface area contributed by atoms with Gasteiger partial charge in [0.05, 0.1) is 11.8 Å². The predicted molar refractivity (Wildman–Crippen MR) is 83.7 cm³/mol. The predicted octanol–water partition coefficient (Wildman–Crippen LogP) is 1.71. The lowest BCUT2D eigenvalue weighted by molar-refractivity contribution is -0.119. The number of amides is 1. The molecule has 3 aromatic rings. The maximum atomic E-state index is 12.0. The number of para-hydroxylation sites is 1. The van der Waals surface area contributed by atoms with E-state index < -0.39 is 0 Å². The molecule has 114 valence electrons. The van der Waals surface area contributed by atoms with Gasteiger partial charge in [-0.25, -0.2) is 4.68 Å². The molecule has 0 saturated heterocycles. The van der Waals surface area contributed by atoms with E-state index >= 15 is 0 Å². The number of carbonyl (C=O) groups excluding carboxylic acids is 1. The molecule has 22 heavy (non-hydrogen) atoms. The van der Waals surface area contributed by atoms with Crippen LogP contribution in [0.25, 0.3) is 11.0 Å². The summed E-state index contributed by atoms with van der Waals surface area (Å²) in [5, 5.41) is 11.9. The zero-order chi connectivity index (χ0) is 15.5. The number of hydrogen-bond acceptors (Lipinski definition) is 6. The highest BCUT2D eigenvalue weighted by atomic mass is 32.2. The minimum atomic E-state index is -0.212. The van der Waals surface area contributed by atoms with Crippen molar-refractivity contribution in [3.8, 4) is 0 Å². The fraction of sp³-hybridized carbons (Fsp3) is 0.214. The summed E-state index contributed by atoms with van der Waals surface area (Å²) in [5.74, 6) is 6.39. The molecule has 0 unspecified atom stereocenters. The molecule has 0 saturated carbocycles. The van der Waals surface area contributed by atoms with Crippen molar-refractivity contribution in [3.05, 3.63) is 42.4 Å². The molecular weight excluding hydrogens is 302 g/mol. The van der Waals surface area contributed by atoms with E-state index in [1.807, 2.05) is 37.3 Å². The van der Waals surface area contributed by atoms with Gasteiger partial charge in [0.15, 0.2) is 0 Å². The van der Waals surface area contributed by atoms with Crippen molar-refractivity contribution >= 4 is 28.6 Å². The van der Waals surface area contributed by atoms with Crippen LogP contribution in [0.3, 0.4) is 0 Å². The van der Waals surface area contributed by atoms with Crippen LogP contribution in [0.4, 0.5) is 0 Å². The summed E-state index contributed by atoms with van der Waals surface area (Å²) >= 11 is 1.23. The van der Waals surface area contributed by atoms with Gasteiger partial charge >= 0.3 is 0 Å². The number of carbonyl (C=O) groups is 1. The molecule has 0 spiro atoms. The summed E-state index contributed by atoms with van der Waals surface area (Å²) in [5.41, 5.74) is 0.809. The van der Waals surface area contributed by atoms with Crippen molar-refractivity contribution in [2.24, 2.45) is 0 Å². The molecule has 0 fully saturated rings. The first kappa shape index (κ1) is 14.5. The Morgan fingerprint density at radius 3 is 3.05 bits per heavy atom. The van der Waals surface area contributed by atoms with Crippen LogP contribution in [0.15, 0.2) is 46.2 Å². The number of nitrogens with two attached hydrogens (primary N) is 1. The Labute approximate surface area is 130 Å². The highest BCUT2D eigenvalue weighted by Crippen LogP contribution is 2.23.